The maximum Gasteiger partial charge on any atom is 0.355 e. The molecule has 2 aromatic heterocycles. The summed E-state index contributed by atoms with van der Waals surface area (Å²) in [6.45, 7) is 3.29. The molecule has 1 aromatic carbocycles. The van der Waals surface area contributed by atoms with Crippen molar-refractivity contribution < 1.29 is 28.5 Å². The predicted octanol–water partition coefficient (Wildman–Crippen LogP) is 2.38. The van der Waals surface area contributed by atoms with Gasteiger partial charge in [-0.15, -0.1) is 0 Å². The highest BCUT2D eigenvalue weighted by molar-refractivity contribution is 5.89. The number of fused-ring (bicyclic) bond motifs is 6. The van der Waals surface area contributed by atoms with Crippen LogP contribution in [0.4, 0.5) is 0 Å². The number of cyclic esters (lactones) is 1. The fourth-order valence-electron chi connectivity index (χ4n) is 4.78. The van der Waals surface area contributed by atoms with Gasteiger partial charge in [0.25, 0.3) is 5.56 Å². The lowest BCUT2D eigenvalue weighted by Gasteiger charge is -2.35. The molecule has 162 valence electrons. The maximum atomic E-state index is 13.4. The minimum absolute atomic E-state index is 0.142. The van der Waals surface area contributed by atoms with Crippen molar-refractivity contribution in [2.45, 2.75) is 39.0 Å². The minimum atomic E-state index is -1.65. The van der Waals surface area contributed by atoms with Gasteiger partial charge >= 0.3 is 11.9 Å². The van der Waals surface area contributed by atoms with Crippen molar-refractivity contribution in [2.75, 3.05) is 6.79 Å². The van der Waals surface area contributed by atoms with Crippen molar-refractivity contribution in [3.63, 3.8) is 0 Å². The number of ether oxygens (including phenoxy) is 4. The second-order valence-corrected chi connectivity index (χ2v) is 8.06. The number of esters is 2. The summed E-state index contributed by atoms with van der Waals surface area (Å²) in [6.07, 6.45) is 0.142. The summed E-state index contributed by atoms with van der Waals surface area (Å²) < 4.78 is 23.3. The number of hydrogen-bond donors (Lipinski definition) is 0. The lowest BCUT2D eigenvalue weighted by Crippen LogP contribution is -2.47. The van der Waals surface area contributed by atoms with Gasteiger partial charge in [0.05, 0.1) is 29.0 Å². The molecule has 0 amide bonds. The number of aromatic nitrogens is 2. The van der Waals surface area contributed by atoms with E-state index in [0.717, 1.165) is 10.9 Å². The van der Waals surface area contributed by atoms with Crippen LogP contribution in [0.5, 0.6) is 11.5 Å². The minimum Gasteiger partial charge on any atom is -0.457 e. The van der Waals surface area contributed by atoms with Crippen LogP contribution in [0.3, 0.4) is 0 Å². The molecule has 0 radical (unpaired) electrons. The van der Waals surface area contributed by atoms with Gasteiger partial charge in [-0.05, 0) is 24.6 Å². The lowest BCUT2D eigenvalue weighted by molar-refractivity contribution is -0.188. The van der Waals surface area contributed by atoms with Crippen molar-refractivity contribution >= 4 is 22.8 Å². The number of carbonyl (C=O) groups is 2. The van der Waals surface area contributed by atoms with Crippen LogP contribution in [0.2, 0.25) is 0 Å². The summed E-state index contributed by atoms with van der Waals surface area (Å²) in [4.78, 5) is 42.8. The first kappa shape index (κ1) is 18.9. The van der Waals surface area contributed by atoms with E-state index in [-0.39, 0.29) is 25.4 Å². The summed E-state index contributed by atoms with van der Waals surface area (Å²) in [7, 11) is 0. The van der Waals surface area contributed by atoms with Crippen LogP contribution in [-0.4, -0.2) is 28.3 Å². The molecule has 32 heavy (non-hydrogen) atoms. The molecular weight excluding hydrogens is 416 g/mol. The summed E-state index contributed by atoms with van der Waals surface area (Å²) in [5, 5.41) is 0.875. The quantitative estimate of drug-likeness (QED) is 0.443. The fraction of sp³-hybridized carbons (Fsp3) is 0.304. The molecular formula is C23H18N2O7. The van der Waals surface area contributed by atoms with Gasteiger partial charge in [0, 0.05) is 29.5 Å². The van der Waals surface area contributed by atoms with E-state index in [0.29, 0.717) is 46.1 Å². The largest absolute Gasteiger partial charge is 0.457 e. The van der Waals surface area contributed by atoms with E-state index >= 15 is 0 Å². The van der Waals surface area contributed by atoms with E-state index in [4.69, 9.17) is 23.9 Å². The van der Waals surface area contributed by atoms with E-state index in [1.807, 2.05) is 18.2 Å². The van der Waals surface area contributed by atoms with Gasteiger partial charge < -0.3 is 23.5 Å². The Hall–Kier alpha value is -3.88. The third-order valence-electron chi connectivity index (χ3n) is 6.29. The molecule has 0 N–H and O–H groups in total. The Morgan fingerprint density at radius 2 is 1.94 bits per heavy atom. The van der Waals surface area contributed by atoms with E-state index < -0.39 is 17.5 Å². The Kier molecular flexibility index (Phi) is 3.72. The molecule has 0 saturated heterocycles. The van der Waals surface area contributed by atoms with Crippen molar-refractivity contribution in [2.24, 2.45) is 0 Å². The average molecular weight is 434 g/mol. The molecule has 0 saturated carbocycles. The molecule has 3 aliphatic heterocycles. The first-order valence-corrected chi connectivity index (χ1v) is 10.3. The number of rotatable bonds is 2. The summed E-state index contributed by atoms with van der Waals surface area (Å²) in [5.41, 5.74) is 1.53. The molecule has 0 spiro atoms. The third-order valence-corrected chi connectivity index (χ3v) is 6.29. The smallest absolute Gasteiger partial charge is 0.355 e. The van der Waals surface area contributed by atoms with Crippen molar-refractivity contribution in [3.8, 4) is 22.9 Å². The molecule has 3 aliphatic rings. The number of pyridine rings is 2. The van der Waals surface area contributed by atoms with Gasteiger partial charge in [0.2, 0.25) is 12.4 Å². The highest BCUT2D eigenvalue weighted by Gasteiger charge is 2.50. The lowest BCUT2D eigenvalue weighted by atomic mass is 9.85. The van der Waals surface area contributed by atoms with Crippen molar-refractivity contribution in [3.05, 3.63) is 51.3 Å². The highest BCUT2D eigenvalue weighted by Crippen LogP contribution is 2.42. The predicted molar refractivity (Wildman–Crippen MR) is 110 cm³/mol. The molecule has 5 heterocycles. The van der Waals surface area contributed by atoms with E-state index in [2.05, 4.69) is 0 Å². The van der Waals surface area contributed by atoms with Crippen LogP contribution in [0.1, 0.15) is 37.0 Å². The molecule has 0 unspecified atom stereocenters. The van der Waals surface area contributed by atoms with Gasteiger partial charge in [-0.3, -0.25) is 9.59 Å². The zero-order valence-electron chi connectivity index (χ0n) is 17.4. The molecule has 0 bridgehead atoms. The maximum absolute atomic E-state index is 13.4. The zero-order chi connectivity index (χ0) is 22.2. The van der Waals surface area contributed by atoms with Gasteiger partial charge in [-0.1, -0.05) is 6.92 Å². The molecule has 9 nitrogen and oxygen atoms in total. The number of carbonyl (C=O) groups excluding carboxylic acids is 2. The summed E-state index contributed by atoms with van der Waals surface area (Å²) >= 11 is 0. The molecule has 9 heteroatoms. The van der Waals surface area contributed by atoms with Crippen molar-refractivity contribution in [1.82, 2.24) is 9.55 Å². The second kappa shape index (κ2) is 6.32. The van der Waals surface area contributed by atoms with Gasteiger partial charge in [-0.25, -0.2) is 9.78 Å². The SMILES string of the molecule is CC[C@@]1(OC(C)=O)C(=O)OCc2c1cc1n(c2=O)Cc2cc3cc4c(cc3nc2-1)OCO4. The highest BCUT2D eigenvalue weighted by atomic mass is 16.7. The van der Waals surface area contributed by atoms with E-state index in [9.17, 15) is 14.4 Å². The van der Waals surface area contributed by atoms with Crippen LogP contribution in [-0.2, 0) is 37.8 Å². The van der Waals surface area contributed by atoms with Crippen molar-refractivity contribution in [1.29, 1.82) is 0 Å². The Morgan fingerprint density at radius 3 is 2.69 bits per heavy atom. The molecule has 6 rings (SSSR count). The average Bonchev–Trinajstić information content (AvgIpc) is 3.36. The number of hydrogen-bond acceptors (Lipinski definition) is 8. The number of benzene rings is 1. The van der Waals surface area contributed by atoms with Crippen LogP contribution in [0, 0.1) is 0 Å². The van der Waals surface area contributed by atoms with Crippen LogP contribution >= 0.6 is 0 Å². The first-order valence-electron chi connectivity index (χ1n) is 10.3. The molecule has 3 aromatic rings. The number of nitrogens with zero attached hydrogens (tertiary/aromatic N) is 2. The summed E-state index contributed by atoms with van der Waals surface area (Å²) in [6, 6.07) is 7.40. The van der Waals surface area contributed by atoms with Gasteiger partial charge in [0.1, 0.15) is 6.61 Å². The van der Waals surface area contributed by atoms with Gasteiger partial charge in [-0.2, -0.15) is 0 Å². The Balaban J connectivity index is 1.59. The molecule has 0 fully saturated rings. The molecule has 1 atom stereocenters. The topological polar surface area (TPSA) is 106 Å². The van der Waals surface area contributed by atoms with Gasteiger partial charge in [0.15, 0.2) is 11.5 Å². The van der Waals surface area contributed by atoms with Crippen LogP contribution in [0.15, 0.2) is 29.1 Å². The zero-order valence-corrected chi connectivity index (χ0v) is 17.4. The van der Waals surface area contributed by atoms with Crippen LogP contribution < -0.4 is 15.0 Å². The second-order valence-electron chi connectivity index (χ2n) is 8.06. The Labute approximate surface area is 181 Å². The first-order chi connectivity index (χ1) is 15.4. The fourth-order valence-corrected chi connectivity index (χ4v) is 4.78. The Morgan fingerprint density at radius 1 is 1.16 bits per heavy atom. The molecule has 0 aliphatic carbocycles. The summed E-state index contributed by atoms with van der Waals surface area (Å²) in [5.74, 6) is -0.0251. The Bertz CT molecular complexity index is 1420. The van der Waals surface area contributed by atoms with E-state index in [1.165, 1.54) is 6.92 Å². The van der Waals surface area contributed by atoms with Crippen LogP contribution in [0.25, 0.3) is 22.3 Å². The normalized spacial score (nSPS) is 19.9. The monoisotopic (exact) mass is 434 g/mol. The third kappa shape index (κ3) is 2.39. The standard InChI is InChI=1S/C23H18N2O7/c1-3-23(32-11(2)26)15-6-17-20-13(8-25(17)21(27)14(15)9-29-22(23)28)4-12-5-18-19(31-10-30-18)7-16(12)24-20/h4-7H,3,8-10H2,1-2H3/t23-/m0/s1. The van der Waals surface area contributed by atoms with E-state index in [1.54, 1.807) is 17.6 Å².